The van der Waals surface area contributed by atoms with E-state index in [0.717, 1.165) is 0 Å². The fourth-order valence-corrected chi connectivity index (χ4v) is 2.33. The molecule has 146 valence electrons. The Morgan fingerprint density at radius 1 is 0.821 bits per heavy atom. The van der Waals surface area contributed by atoms with Crippen LogP contribution in [0.3, 0.4) is 0 Å². The van der Waals surface area contributed by atoms with Gasteiger partial charge in [0.25, 0.3) is 5.91 Å². The maximum absolute atomic E-state index is 11.9. The number of ketones is 1. The lowest BCUT2D eigenvalue weighted by Crippen LogP contribution is -2.39. The van der Waals surface area contributed by atoms with Crippen molar-refractivity contribution in [3.8, 4) is 0 Å². The number of carbonyl (C=O) groups excluding carboxylic acids is 4. The van der Waals surface area contributed by atoms with E-state index in [2.05, 4.69) is 10.6 Å². The first-order valence-corrected chi connectivity index (χ1v) is 8.86. The third-order valence-corrected chi connectivity index (χ3v) is 4.22. The second-order valence-corrected chi connectivity index (χ2v) is 6.35. The summed E-state index contributed by atoms with van der Waals surface area (Å²) < 4.78 is 4.81. The molecule has 0 heterocycles. The topological polar surface area (TPSA) is 102 Å². The number of hydrogen-bond acceptors (Lipinski definition) is 5. The molecule has 2 N–H and O–H groups in total. The van der Waals surface area contributed by atoms with Gasteiger partial charge in [-0.05, 0) is 30.3 Å². The van der Waals surface area contributed by atoms with Crippen LogP contribution in [-0.2, 0) is 14.3 Å². The Balaban J connectivity index is 1.68. The van der Waals surface area contributed by atoms with Crippen LogP contribution in [0, 0.1) is 0 Å². The predicted octanol–water partition coefficient (Wildman–Crippen LogP) is 2.27. The molecular formula is C19H16Cl2N2O5. The molecule has 0 bridgehead atoms. The number of nitrogens with one attached hydrogen (secondary N) is 2. The van der Waals surface area contributed by atoms with Crippen molar-refractivity contribution in [3.05, 3.63) is 69.7 Å². The summed E-state index contributed by atoms with van der Waals surface area (Å²) in [5.41, 5.74) is 0.658. The van der Waals surface area contributed by atoms with Gasteiger partial charge < -0.3 is 15.4 Å². The standard InChI is InChI=1S/C19H16Cl2N2O5/c20-14-7-6-13(8-15(14)21)16(24)11-28-18(26)10-22-17(25)9-23-19(27)12-4-2-1-3-5-12/h1-8H,9-11H2,(H,22,25)(H,23,27). The number of ether oxygens (including phenoxy) is 1. The van der Waals surface area contributed by atoms with E-state index in [1.54, 1.807) is 30.3 Å². The van der Waals surface area contributed by atoms with Crippen molar-refractivity contribution in [2.45, 2.75) is 0 Å². The molecule has 28 heavy (non-hydrogen) atoms. The predicted molar refractivity (Wildman–Crippen MR) is 104 cm³/mol. The van der Waals surface area contributed by atoms with Gasteiger partial charge in [-0.15, -0.1) is 0 Å². The highest BCUT2D eigenvalue weighted by molar-refractivity contribution is 6.42. The zero-order chi connectivity index (χ0) is 20.5. The van der Waals surface area contributed by atoms with Crippen LogP contribution in [0.2, 0.25) is 10.0 Å². The van der Waals surface area contributed by atoms with Crippen molar-refractivity contribution < 1.29 is 23.9 Å². The fourth-order valence-electron chi connectivity index (χ4n) is 2.04. The monoisotopic (exact) mass is 422 g/mol. The quantitative estimate of drug-likeness (QED) is 0.501. The molecule has 0 aliphatic rings. The summed E-state index contributed by atoms with van der Waals surface area (Å²) in [7, 11) is 0. The average Bonchev–Trinajstić information content (AvgIpc) is 2.71. The molecule has 0 aliphatic carbocycles. The van der Waals surface area contributed by atoms with Gasteiger partial charge in [0.1, 0.15) is 6.54 Å². The van der Waals surface area contributed by atoms with E-state index in [9.17, 15) is 19.2 Å². The van der Waals surface area contributed by atoms with Crippen LogP contribution < -0.4 is 10.6 Å². The Morgan fingerprint density at radius 2 is 1.54 bits per heavy atom. The Morgan fingerprint density at radius 3 is 2.21 bits per heavy atom. The number of rotatable bonds is 8. The third kappa shape index (κ3) is 6.68. The maximum Gasteiger partial charge on any atom is 0.325 e. The van der Waals surface area contributed by atoms with E-state index < -0.39 is 36.7 Å². The largest absolute Gasteiger partial charge is 0.456 e. The van der Waals surface area contributed by atoms with Crippen LogP contribution in [-0.4, -0.2) is 43.3 Å². The molecule has 0 unspecified atom stereocenters. The van der Waals surface area contributed by atoms with Gasteiger partial charge in [0.15, 0.2) is 12.4 Å². The second kappa shape index (κ2) is 10.4. The maximum atomic E-state index is 11.9. The first-order valence-electron chi connectivity index (χ1n) is 8.10. The Labute approximate surface area is 171 Å². The number of hydrogen-bond donors (Lipinski definition) is 2. The molecule has 0 aliphatic heterocycles. The lowest BCUT2D eigenvalue weighted by molar-refractivity contribution is -0.142. The summed E-state index contributed by atoms with van der Waals surface area (Å²) in [5.74, 6) is -2.24. The van der Waals surface area contributed by atoms with Crippen LogP contribution in [0.4, 0.5) is 0 Å². The van der Waals surface area contributed by atoms with Crippen molar-refractivity contribution in [1.82, 2.24) is 10.6 Å². The number of benzene rings is 2. The van der Waals surface area contributed by atoms with Crippen molar-refractivity contribution in [2.75, 3.05) is 19.7 Å². The van der Waals surface area contributed by atoms with Crippen molar-refractivity contribution in [3.63, 3.8) is 0 Å². The number of esters is 1. The summed E-state index contributed by atoms with van der Waals surface area (Å²) in [5, 5.41) is 5.23. The molecule has 2 aromatic rings. The normalized spacial score (nSPS) is 10.1. The van der Waals surface area contributed by atoms with Gasteiger partial charge >= 0.3 is 5.97 Å². The van der Waals surface area contributed by atoms with E-state index in [-0.39, 0.29) is 17.1 Å². The van der Waals surface area contributed by atoms with E-state index >= 15 is 0 Å². The molecule has 0 saturated heterocycles. The molecule has 0 fully saturated rings. The lowest BCUT2D eigenvalue weighted by atomic mass is 10.1. The number of halogens is 2. The highest BCUT2D eigenvalue weighted by Gasteiger charge is 2.13. The zero-order valence-electron chi connectivity index (χ0n) is 14.5. The molecule has 0 saturated carbocycles. The molecule has 2 rings (SSSR count). The third-order valence-electron chi connectivity index (χ3n) is 3.48. The minimum Gasteiger partial charge on any atom is -0.456 e. The SMILES string of the molecule is O=C(CNC(=O)c1ccccc1)NCC(=O)OCC(=O)c1ccc(Cl)c(Cl)c1. The fraction of sp³-hybridized carbons (Fsp3) is 0.158. The van der Waals surface area contributed by atoms with Crippen molar-refractivity contribution >= 4 is 46.8 Å². The van der Waals surface area contributed by atoms with Gasteiger partial charge in [0, 0.05) is 11.1 Å². The van der Waals surface area contributed by atoms with Gasteiger partial charge in [-0.1, -0.05) is 41.4 Å². The molecular weight excluding hydrogens is 407 g/mol. The molecule has 0 atom stereocenters. The van der Waals surface area contributed by atoms with Gasteiger partial charge in [-0.3, -0.25) is 19.2 Å². The van der Waals surface area contributed by atoms with Crippen molar-refractivity contribution in [2.24, 2.45) is 0 Å². The Kier molecular flexibility index (Phi) is 7.98. The minimum absolute atomic E-state index is 0.212. The highest BCUT2D eigenvalue weighted by Crippen LogP contribution is 2.22. The first kappa shape index (κ1) is 21.4. The van der Waals surface area contributed by atoms with Crippen LogP contribution in [0.25, 0.3) is 0 Å². The smallest absolute Gasteiger partial charge is 0.325 e. The summed E-state index contributed by atoms with van der Waals surface area (Å²) in [6, 6.07) is 12.7. The van der Waals surface area contributed by atoms with Gasteiger partial charge in [-0.25, -0.2) is 0 Å². The van der Waals surface area contributed by atoms with Crippen LogP contribution in [0.1, 0.15) is 20.7 Å². The molecule has 0 radical (unpaired) electrons. The second-order valence-electron chi connectivity index (χ2n) is 5.54. The summed E-state index contributed by atoms with van der Waals surface area (Å²) in [4.78, 5) is 47.1. The van der Waals surface area contributed by atoms with Gasteiger partial charge in [0.05, 0.1) is 16.6 Å². The summed E-state index contributed by atoms with van der Waals surface area (Å²) in [6.07, 6.45) is 0. The molecule has 7 nitrogen and oxygen atoms in total. The van der Waals surface area contributed by atoms with Gasteiger partial charge in [0.2, 0.25) is 5.91 Å². The first-order chi connectivity index (χ1) is 13.4. The Hall–Kier alpha value is -2.90. The van der Waals surface area contributed by atoms with Crippen LogP contribution >= 0.6 is 23.2 Å². The van der Waals surface area contributed by atoms with Crippen LogP contribution in [0.15, 0.2) is 48.5 Å². The lowest BCUT2D eigenvalue weighted by Gasteiger charge is -2.08. The molecule has 0 aromatic heterocycles. The summed E-state index contributed by atoms with van der Waals surface area (Å²) in [6.45, 7) is -1.24. The number of carbonyl (C=O) groups is 4. The molecule has 0 spiro atoms. The van der Waals surface area contributed by atoms with Crippen LogP contribution in [0.5, 0.6) is 0 Å². The van der Waals surface area contributed by atoms with Gasteiger partial charge in [-0.2, -0.15) is 0 Å². The minimum atomic E-state index is -0.795. The molecule has 2 aromatic carbocycles. The van der Waals surface area contributed by atoms with E-state index in [1.165, 1.54) is 18.2 Å². The number of amides is 2. The van der Waals surface area contributed by atoms with E-state index in [1.807, 2.05) is 0 Å². The van der Waals surface area contributed by atoms with E-state index in [4.69, 9.17) is 27.9 Å². The molecule has 2 amide bonds. The summed E-state index contributed by atoms with van der Waals surface area (Å²) >= 11 is 11.6. The zero-order valence-corrected chi connectivity index (χ0v) is 16.0. The average molecular weight is 423 g/mol. The Bertz CT molecular complexity index is 887. The number of Topliss-reactive ketones (excluding diaryl/α,β-unsaturated/α-hetero) is 1. The van der Waals surface area contributed by atoms with E-state index in [0.29, 0.717) is 10.6 Å². The highest BCUT2D eigenvalue weighted by atomic mass is 35.5. The van der Waals surface area contributed by atoms with Crippen molar-refractivity contribution in [1.29, 1.82) is 0 Å². The molecule has 9 heteroatoms.